The van der Waals surface area contributed by atoms with Crippen LogP contribution in [0.3, 0.4) is 0 Å². The molecule has 5 nitrogen and oxygen atoms in total. The summed E-state index contributed by atoms with van der Waals surface area (Å²) in [6.45, 7) is 2.76. The van der Waals surface area contributed by atoms with Crippen LogP contribution in [0, 0.1) is 0 Å². The zero-order valence-electron chi connectivity index (χ0n) is 13.1. The van der Waals surface area contributed by atoms with Crippen molar-refractivity contribution in [3.05, 3.63) is 75.6 Å². The van der Waals surface area contributed by atoms with E-state index >= 15 is 0 Å². The Hall–Kier alpha value is -2.44. The van der Waals surface area contributed by atoms with E-state index in [0.29, 0.717) is 19.6 Å². The fourth-order valence-electron chi connectivity index (χ4n) is 2.81. The summed E-state index contributed by atoms with van der Waals surface area (Å²) >= 11 is 1.61. The van der Waals surface area contributed by atoms with Gasteiger partial charge in [0, 0.05) is 18.0 Å². The van der Waals surface area contributed by atoms with E-state index in [4.69, 9.17) is 4.42 Å². The Bertz CT molecular complexity index is 804. The molecule has 0 aliphatic carbocycles. The van der Waals surface area contributed by atoms with Gasteiger partial charge in [0.15, 0.2) is 0 Å². The summed E-state index contributed by atoms with van der Waals surface area (Å²) in [4.78, 5) is 19.9. The van der Waals surface area contributed by atoms with Gasteiger partial charge in [-0.1, -0.05) is 36.4 Å². The van der Waals surface area contributed by atoms with Gasteiger partial charge in [-0.25, -0.2) is 4.98 Å². The standard InChI is InChI=1S/C18H17N3O2S/c22-17(19-9-14-7-4-8-24-14)18-20-15-11-21(12-16(15)23-18)10-13-5-2-1-3-6-13/h1-8H,9-12H2,(H,19,22). The fraction of sp³-hybridized carbons (Fsp3) is 0.222. The van der Waals surface area contributed by atoms with Gasteiger partial charge in [-0.05, 0) is 17.0 Å². The number of benzene rings is 1. The van der Waals surface area contributed by atoms with Crippen LogP contribution in [-0.4, -0.2) is 15.8 Å². The van der Waals surface area contributed by atoms with E-state index in [1.807, 2.05) is 35.7 Å². The second kappa shape index (κ2) is 6.59. The first kappa shape index (κ1) is 15.1. The molecule has 3 aromatic rings. The molecule has 24 heavy (non-hydrogen) atoms. The van der Waals surface area contributed by atoms with E-state index in [0.717, 1.165) is 22.9 Å². The second-order valence-corrected chi connectivity index (χ2v) is 6.81. The predicted octanol–water partition coefficient (Wildman–Crippen LogP) is 3.18. The van der Waals surface area contributed by atoms with Gasteiger partial charge in [0.1, 0.15) is 5.76 Å². The molecule has 0 atom stereocenters. The van der Waals surface area contributed by atoms with Crippen LogP contribution in [-0.2, 0) is 26.2 Å². The van der Waals surface area contributed by atoms with Gasteiger partial charge >= 0.3 is 5.91 Å². The molecule has 1 aliphatic heterocycles. The Morgan fingerprint density at radius 1 is 1.21 bits per heavy atom. The number of rotatable bonds is 5. The number of aromatic nitrogens is 1. The summed E-state index contributed by atoms with van der Waals surface area (Å²) < 4.78 is 5.66. The maximum Gasteiger partial charge on any atom is 0.307 e. The smallest absolute Gasteiger partial charge is 0.307 e. The molecule has 2 aromatic heterocycles. The Balaban J connectivity index is 1.36. The third-order valence-electron chi connectivity index (χ3n) is 3.97. The number of carbonyl (C=O) groups excluding carboxylic acids is 1. The number of oxazole rings is 1. The van der Waals surface area contributed by atoms with Crippen LogP contribution in [0.1, 0.15) is 32.6 Å². The number of carbonyl (C=O) groups is 1. The largest absolute Gasteiger partial charge is 0.436 e. The highest BCUT2D eigenvalue weighted by molar-refractivity contribution is 7.09. The molecule has 0 fully saturated rings. The normalized spacial score (nSPS) is 13.8. The number of fused-ring (bicyclic) bond motifs is 1. The first-order valence-corrected chi connectivity index (χ1v) is 8.71. The zero-order chi connectivity index (χ0) is 16.4. The van der Waals surface area contributed by atoms with Crippen molar-refractivity contribution in [3.8, 4) is 0 Å². The van der Waals surface area contributed by atoms with Crippen LogP contribution in [0.15, 0.2) is 52.3 Å². The number of thiophene rings is 1. The first-order chi connectivity index (χ1) is 11.8. The van der Waals surface area contributed by atoms with E-state index in [2.05, 4.69) is 27.3 Å². The molecule has 4 rings (SSSR count). The first-order valence-electron chi connectivity index (χ1n) is 7.83. The highest BCUT2D eigenvalue weighted by atomic mass is 32.1. The van der Waals surface area contributed by atoms with Crippen molar-refractivity contribution in [2.45, 2.75) is 26.2 Å². The summed E-state index contributed by atoms with van der Waals surface area (Å²) in [6, 6.07) is 14.3. The Kier molecular flexibility index (Phi) is 4.15. The lowest BCUT2D eigenvalue weighted by molar-refractivity contribution is 0.0912. The number of nitrogens with one attached hydrogen (secondary N) is 1. The van der Waals surface area contributed by atoms with Crippen LogP contribution in [0.25, 0.3) is 0 Å². The summed E-state index contributed by atoms with van der Waals surface area (Å²) in [5, 5.41) is 4.83. The van der Waals surface area contributed by atoms with Crippen molar-refractivity contribution < 1.29 is 9.21 Å². The van der Waals surface area contributed by atoms with E-state index < -0.39 is 0 Å². The summed E-state index contributed by atoms with van der Waals surface area (Å²) in [5.41, 5.74) is 2.13. The van der Waals surface area contributed by atoms with E-state index in [-0.39, 0.29) is 11.8 Å². The molecule has 122 valence electrons. The molecule has 0 saturated heterocycles. The van der Waals surface area contributed by atoms with Gasteiger partial charge in [0.05, 0.1) is 18.8 Å². The fourth-order valence-corrected chi connectivity index (χ4v) is 3.45. The number of hydrogen-bond donors (Lipinski definition) is 1. The number of hydrogen-bond acceptors (Lipinski definition) is 5. The van der Waals surface area contributed by atoms with Crippen molar-refractivity contribution in [1.82, 2.24) is 15.2 Å². The quantitative estimate of drug-likeness (QED) is 0.776. The number of amides is 1. The third kappa shape index (κ3) is 3.25. The molecular weight excluding hydrogens is 322 g/mol. The highest BCUT2D eigenvalue weighted by Gasteiger charge is 2.27. The Morgan fingerprint density at radius 2 is 2.08 bits per heavy atom. The maximum atomic E-state index is 12.1. The molecule has 0 bridgehead atoms. The van der Waals surface area contributed by atoms with Crippen LogP contribution in [0.4, 0.5) is 0 Å². The minimum Gasteiger partial charge on any atom is -0.436 e. The lowest BCUT2D eigenvalue weighted by atomic mass is 10.2. The van der Waals surface area contributed by atoms with Crippen molar-refractivity contribution in [3.63, 3.8) is 0 Å². The molecule has 3 heterocycles. The summed E-state index contributed by atoms with van der Waals surface area (Å²) in [5.74, 6) is 0.704. The molecular formula is C18H17N3O2S. The van der Waals surface area contributed by atoms with Crippen molar-refractivity contribution in [2.75, 3.05) is 0 Å². The monoisotopic (exact) mass is 339 g/mol. The molecule has 1 aliphatic rings. The molecule has 0 saturated carbocycles. The highest BCUT2D eigenvalue weighted by Crippen LogP contribution is 2.25. The average Bonchev–Trinajstić information content (AvgIpc) is 3.29. The van der Waals surface area contributed by atoms with Crippen LogP contribution < -0.4 is 5.32 Å². The van der Waals surface area contributed by atoms with Crippen molar-refractivity contribution in [1.29, 1.82) is 0 Å². The molecule has 0 radical (unpaired) electrons. The molecule has 1 amide bonds. The Labute approximate surface area is 143 Å². The van der Waals surface area contributed by atoms with E-state index in [1.54, 1.807) is 11.3 Å². The predicted molar refractivity (Wildman–Crippen MR) is 91.4 cm³/mol. The molecule has 0 unspecified atom stereocenters. The average molecular weight is 339 g/mol. The van der Waals surface area contributed by atoms with Gasteiger partial charge in [0.2, 0.25) is 0 Å². The minimum atomic E-state index is -0.257. The molecule has 1 aromatic carbocycles. The third-order valence-corrected chi connectivity index (χ3v) is 4.84. The SMILES string of the molecule is O=C(NCc1cccs1)c1nc2c(o1)CN(Cc1ccccc1)C2. The van der Waals surface area contributed by atoms with Crippen LogP contribution >= 0.6 is 11.3 Å². The topological polar surface area (TPSA) is 58.4 Å². The van der Waals surface area contributed by atoms with E-state index in [9.17, 15) is 4.79 Å². The van der Waals surface area contributed by atoms with Gasteiger partial charge in [-0.15, -0.1) is 11.3 Å². The maximum absolute atomic E-state index is 12.1. The van der Waals surface area contributed by atoms with Gasteiger partial charge < -0.3 is 9.73 Å². The zero-order valence-corrected chi connectivity index (χ0v) is 13.9. The lowest BCUT2D eigenvalue weighted by Crippen LogP contribution is -2.23. The van der Waals surface area contributed by atoms with Crippen molar-refractivity contribution in [2.24, 2.45) is 0 Å². The number of nitrogens with zero attached hydrogens (tertiary/aromatic N) is 2. The van der Waals surface area contributed by atoms with Gasteiger partial charge in [-0.2, -0.15) is 0 Å². The lowest BCUT2D eigenvalue weighted by Gasteiger charge is -2.14. The summed E-state index contributed by atoms with van der Waals surface area (Å²) in [7, 11) is 0. The molecule has 1 N–H and O–H groups in total. The van der Waals surface area contributed by atoms with Gasteiger partial charge in [0.25, 0.3) is 5.89 Å². The summed E-state index contributed by atoms with van der Waals surface area (Å²) in [6.07, 6.45) is 0. The van der Waals surface area contributed by atoms with E-state index in [1.165, 1.54) is 5.56 Å². The molecule has 6 heteroatoms. The van der Waals surface area contributed by atoms with Crippen molar-refractivity contribution >= 4 is 17.2 Å². The molecule has 0 spiro atoms. The van der Waals surface area contributed by atoms with Gasteiger partial charge in [-0.3, -0.25) is 9.69 Å². The van der Waals surface area contributed by atoms with Crippen LogP contribution in [0.2, 0.25) is 0 Å². The second-order valence-electron chi connectivity index (χ2n) is 5.78. The Morgan fingerprint density at radius 3 is 2.83 bits per heavy atom. The van der Waals surface area contributed by atoms with Crippen LogP contribution in [0.5, 0.6) is 0 Å². The minimum absolute atomic E-state index is 0.163.